The van der Waals surface area contributed by atoms with Crippen molar-refractivity contribution in [3.05, 3.63) is 12.3 Å². The fraction of sp³-hybridized carbons (Fsp3) is 0.571. The molecule has 0 aliphatic carbocycles. The molecular weight excluding hydrogens is 130 g/mol. The minimum atomic E-state index is 0.143. The van der Waals surface area contributed by atoms with Crippen molar-refractivity contribution < 1.29 is 0 Å². The van der Waals surface area contributed by atoms with Crippen molar-refractivity contribution >= 4 is 16.8 Å². The first-order chi connectivity index (χ1) is 4.02. The molecule has 0 saturated carbocycles. The highest BCUT2D eigenvalue weighted by Gasteiger charge is 2.28. The van der Waals surface area contributed by atoms with Gasteiger partial charge in [-0.2, -0.15) is 0 Å². The van der Waals surface area contributed by atoms with Crippen LogP contribution in [-0.4, -0.2) is 9.79 Å². The van der Waals surface area contributed by atoms with Gasteiger partial charge in [-0.15, -0.1) is 0 Å². The molecule has 0 N–H and O–H groups in total. The maximum Gasteiger partial charge on any atom is 0.0713 e. The lowest BCUT2D eigenvalue weighted by atomic mass is 10.1. The van der Waals surface area contributed by atoms with Gasteiger partial charge >= 0.3 is 0 Å². The largest absolute Gasteiger partial charge is 0.250 e. The summed E-state index contributed by atoms with van der Waals surface area (Å²) in [6.07, 6.45) is 0. The average molecular weight is 141 g/mol. The zero-order valence-electron chi connectivity index (χ0n) is 6.06. The van der Waals surface area contributed by atoms with Crippen LogP contribution in [0.25, 0.3) is 0 Å². The normalized spacial score (nSPS) is 24.3. The predicted octanol–water partition coefficient (Wildman–Crippen LogP) is 2.44. The minimum absolute atomic E-state index is 0.143. The lowest BCUT2D eigenvalue weighted by Gasteiger charge is -2.14. The quantitative estimate of drug-likeness (QED) is 0.504. The summed E-state index contributed by atoms with van der Waals surface area (Å²) >= 11 is 1.78. The average Bonchev–Trinajstić information content (AvgIpc) is 1.79. The Balaban J connectivity index is 2.84. The molecule has 0 atom stereocenters. The summed E-state index contributed by atoms with van der Waals surface area (Å²) in [6.45, 7) is 10.1. The van der Waals surface area contributed by atoms with Crippen LogP contribution in [0.5, 0.6) is 0 Å². The number of hydrogen-bond donors (Lipinski definition) is 0. The summed E-state index contributed by atoms with van der Waals surface area (Å²) in [6, 6.07) is 0. The molecule has 0 amide bonds. The lowest BCUT2D eigenvalue weighted by Crippen LogP contribution is -2.11. The Hall–Kier alpha value is -0.240. The van der Waals surface area contributed by atoms with E-state index in [2.05, 4.69) is 25.4 Å². The highest BCUT2D eigenvalue weighted by molar-refractivity contribution is 8.15. The molecule has 9 heavy (non-hydrogen) atoms. The molecule has 0 spiro atoms. The first-order valence-electron chi connectivity index (χ1n) is 2.96. The zero-order chi connectivity index (χ0) is 7.07. The maximum absolute atomic E-state index is 4.23. The molecule has 0 saturated heterocycles. The number of rotatable bonds is 0. The van der Waals surface area contributed by atoms with Gasteiger partial charge in [-0.05, 0) is 20.8 Å². The van der Waals surface area contributed by atoms with E-state index < -0.39 is 0 Å². The van der Waals surface area contributed by atoms with E-state index in [-0.39, 0.29) is 4.75 Å². The van der Waals surface area contributed by atoms with Crippen LogP contribution in [-0.2, 0) is 0 Å². The van der Waals surface area contributed by atoms with E-state index in [1.165, 1.54) is 0 Å². The van der Waals surface area contributed by atoms with Gasteiger partial charge < -0.3 is 0 Å². The molecule has 0 radical (unpaired) electrons. The molecule has 50 valence electrons. The standard InChI is InChI=1S/C7H11NS/c1-5-7(3,4)9-6(2)8-5/h1H2,2-4H3. The van der Waals surface area contributed by atoms with E-state index in [0.29, 0.717) is 0 Å². The first-order valence-corrected chi connectivity index (χ1v) is 3.78. The van der Waals surface area contributed by atoms with Gasteiger partial charge in [-0.3, -0.25) is 4.99 Å². The molecule has 0 unspecified atom stereocenters. The Morgan fingerprint density at radius 2 is 2.11 bits per heavy atom. The summed E-state index contributed by atoms with van der Waals surface area (Å²) in [5, 5.41) is 1.13. The van der Waals surface area contributed by atoms with Gasteiger partial charge in [-0.1, -0.05) is 18.3 Å². The fourth-order valence-electron chi connectivity index (χ4n) is 0.776. The molecule has 0 bridgehead atoms. The van der Waals surface area contributed by atoms with E-state index >= 15 is 0 Å². The Kier molecular flexibility index (Phi) is 1.43. The SMILES string of the molecule is C=C1N=C(C)SC1(C)C. The van der Waals surface area contributed by atoms with Gasteiger partial charge in [0.25, 0.3) is 0 Å². The summed E-state index contributed by atoms with van der Waals surface area (Å²) in [7, 11) is 0. The van der Waals surface area contributed by atoms with Crippen LogP contribution < -0.4 is 0 Å². The van der Waals surface area contributed by atoms with E-state index in [1.54, 1.807) is 11.8 Å². The summed E-state index contributed by atoms with van der Waals surface area (Å²) in [4.78, 5) is 4.23. The molecule has 0 aromatic rings. The Labute approximate surface area is 60.3 Å². The number of thioether (sulfide) groups is 1. The second-order valence-corrected chi connectivity index (χ2v) is 4.51. The predicted molar refractivity (Wildman–Crippen MR) is 43.9 cm³/mol. The van der Waals surface area contributed by atoms with E-state index in [0.717, 1.165) is 10.7 Å². The van der Waals surface area contributed by atoms with Crippen LogP contribution in [0.2, 0.25) is 0 Å². The second kappa shape index (κ2) is 1.87. The molecule has 1 aliphatic heterocycles. The Morgan fingerprint density at radius 3 is 2.22 bits per heavy atom. The van der Waals surface area contributed by atoms with E-state index in [4.69, 9.17) is 0 Å². The number of nitrogens with zero attached hydrogens (tertiary/aromatic N) is 1. The summed E-state index contributed by atoms with van der Waals surface area (Å²) in [5.74, 6) is 0. The maximum atomic E-state index is 4.23. The monoisotopic (exact) mass is 141 g/mol. The third-order valence-electron chi connectivity index (χ3n) is 1.39. The van der Waals surface area contributed by atoms with Crippen LogP contribution in [0.1, 0.15) is 20.8 Å². The molecule has 0 fully saturated rings. The van der Waals surface area contributed by atoms with Crippen molar-refractivity contribution in [1.82, 2.24) is 0 Å². The van der Waals surface area contributed by atoms with Crippen molar-refractivity contribution in [3.63, 3.8) is 0 Å². The van der Waals surface area contributed by atoms with Crippen molar-refractivity contribution in [2.24, 2.45) is 4.99 Å². The molecule has 1 aliphatic rings. The third kappa shape index (κ3) is 1.18. The van der Waals surface area contributed by atoms with Crippen molar-refractivity contribution in [2.45, 2.75) is 25.5 Å². The van der Waals surface area contributed by atoms with Crippen molar-refractivity contribution in [3.8, 4) is 0 Å². The smallest absolute Gasteiger partial charge is 0.0713 e. The zero-order valence-corrected chi connectivity index (χ0v) is 6.88. The molecule has 1 heterocycles. The highest BCUT2D eigenvalue weighted by atomic mass is 32.2. The van der Waals surface area contributed by atoms with Gasteiger partial charge in [-0.25, -0.2) is 0 Å². The third-order valence-corrected chi connectivity index (χ3v) is 2.52. The van der Waals surface area contributed by atoms with Crippen LogP contribution in [0.15, 0.2) is 17.3 Å². The van der Waals surface area contributed by atoms with Crippen LogP contribution in [0.3, 0.4) is 0 Å². The van der Waals surface area contributed by atoms with Crippen LogP contribution in [0.4, 0.5) is 0 Å². The Bertz CT molecular complexity index is 179. The molecule has 2 heteroatoms. The summed E-state index contributed by atoms with van der Waals surface area (Å²) in [5.41, 5.74) is 0.991. The minimum Gasteiger partial charge on any atom is -0.250 e. The van der Waals surface area contributed by atoms with Crippen LogP contribution >= 0.6 is 11.8 Å². The van der Waals surface area contributed by atoms with Gasteiger partial charge in [0.1, 0.15) is 0 Å². The molecule has 1 rings (SSSR count). The molecule has 0 aromatic heterocycles. The van der Waals surface area contributed by atoms with Crippen molar-refractivity contribution in [2.75, 3.05) is 0 Å². The summed E-state index contributed by atoms with van der Waals surface area (Å²) < 4.78 is 0.143. The lowest BCUT2D eigenvalue weighted by molar-refractivity contribution is 0.840. The van der Waals surface area contributed by atoms with Gasteiger partial charge in [0.2, 0.25) is 0 Å². The Morgan fingerprint density at radius 1 is 1.56 bits per heavy atom. The van der Waals surface area contributed by atoms with Gasteiger partial charge in [0.15, 0.2) is 0 Å². The second-order valence-electron chi connectivity index (χ2n) is 2.69. The topological polar surface area (TPSA) is 12.4 Å². The van der Waals surface area contributed by atoms with Crippen molar-refractivity contribution in [1.29, 1.82) is 0 Å². The van der Waals surface area contributed by atoms with E-state index in [9.17, 15) is 0 Å². The van der Waals surface area contributed by atoms with Crippen LogP contribution in [0, 0.1) is 0 Å². The first kappa shape index (κ1) is 6.87. The van der Waals surface area contributed by atoms with Gasteiger partial charge in [0.05, 0.1) is 15.5 Å². The number of aliphatic imine (C=N–C) groups is 1. The molecule has 0 aromatic carbocycles. The van der Waals surface area contributed by atoms with E-state index in [1.807, 2.05) is 6.92 Å². The number of hydrogen-bond acceptors (Lipinski definition) is 2. The van der Waals surface area contributed by atoms with Gasteiger partial charge in [0, 0.05) is 0 Å². The fourth-order valence-corrected chi connectivity index (χ4v) is 1.83. The highest BCUT2D eigenvalue weighted by Crippen LogP contribution is 2.38. The molecule has 1 nitrogen and oxygen atoms in total. The molecular formula is C7H11NS.